The van der Waals surface area contributed by atoms with Gasteiger partial charge in [0.25, 0.3) is 0 Å². The van der Waals surface area contributed by atoms with Gasteiger partial charge in [-0.3, -0.25) is 9.69 Å². The number of hydrogen-bond donors (Lipinski definition) is 0. The van der Waals surface area contributed by atoms with Crippen molar-refractivity contribution < 1.29 is 4.79 Å². The molecule has 0 spiro atoms. The van der Waals surface area contributed by atoms with Crippen LogP contribution in [0.2, 0.25) is 0 Å². The molecule has 0 bridgehead atoms. The topological polar surface area (TPSA) is 47.3 Å². The van der Waals surface area contributed by atoms with Crippen LogP contribution in [0.25, 0.3) is 0 Å². The average Bonchev–Trinajstić information content (AvgIpc) is 2.23. The van der Waals surface area contributed by atoms with Crippen molar-refractivity contribution in [3.63, 3.8) is 0 Å². The molecule has 1 amide bonds. The number of carbonyl (C=O) groups is 1. The fourth-order valence-corrected chi connectivity index (χ4v) is 2.53. The molecule has 1 unspecified atom stereocenters. The van der Waals surface area contributed by atoms with Crippen molar-refractivity contribution in [3.8, 4) is 6.07 Å². The van der Waals surface area contributed by atoms with E-state index in [0.29, 0.717) is 0 Å². The summed E-state index contributed by atoms with van der Waals surface area (Å²) in [6.07, 6.45) is 2.39. The molecule has 1 heterocycles. The Morgan fingerprint density at radius 3 is 2.71 bits per heavy atom. The van der Waals surface area contributed by atoms with E-state index < -0.39 is 0 Å². The second-order valence-electron chi connectivity index (χ2n) is 5.45. The Balaban J connectivity index is 2.85. The fraction of sp³-hybridized carbons (Fsp3) is 0.846. The molecule has 17 heavy (non-hydrogen) atoms. The molecule has 1 atom stereocenters. The van der Waals surface area contributed by atoms with Crippen LogP contribution in [0, 0.1) is 11.3 Å². The highest BCUT2D eigenvalue weighted by atomic mass is 16.2. The third-order valence-corrected chi connectivity index (χ3v) is 3.47. The molecule has 0 aliphatic carbocycles. The van der Waals surface area contributed by atoms with Gasteiger partial charge in [0.15, 0.2) is 0 Å². The van der Waals surface area contributed by atoms with Crippen molar-refractivity contribution in [2.75, 3.05) is 20.1 Å². The van der Waals surface area contributed by atoms with Gasteiger partial charge in [-0.05, 0) is 27.3 Å². The summed E-state index contributed by atoms with van der Waals surface area (Å²) in [6.45, 7) is 7.95. The number of unbranched alkanes of at least 4 members (excludes halogenated alkanes) is 1. The fourth-order valence-electron chi connectivity index (χ4n) is 2.53. The van der Waals surface area contributed by atoms with Crippen LogP contribution >= 0.6 is 0 Å². The van der Waals surface area contributed by atoms with E-state index in [1.54, 1.807) is 0 Å². The van der Waals surface area contributed by atoms with Crippen LogP contribution in [0.4, 0.5) is 0 Å². The van der Waals surface area contributed by atoms with Crippen LogP contribution in [-0.4, -0.2) is 47.4 Å². The first-order valence-corrected chi connectivity index (χ1v) is 6.32. The Morgan fingerprint density at radius 1 is 1.53 bits per heavy atom. The normalized spacial score (nSPS) is 24.8. The molecular formula is C13H23N3O. The summed E-state index contributed by atoms with van der Waals surface area (Å²) in [7, 11) is 1.93. The smallest absolute Gasteiger partial charge is 0.241 e. The number of nitriles is 1. The Hall–Kier alpha value is -1.08. The Bertz CT molecular complexity index is 319. The van der Waals surface area contributed by atoms with Crippen LogP contribution in [0.1, 0.15) is 40.0 Å². The molecule has 0 N–H and O–H groups in total. The minimum atomic E-state index is -0.259. The zero-order chi connectivity index (χ0) is 13.1. The van der Waals surface area contributed by atoms with Crippen molar-refractivity contribution in [3.05, 3.63) is 0 Å². The standard InChI is InChI=1S/C13H23N3O/c1-5-6-9-16-12(17)11(7-8-14)15(4)10-13(16,2)3/h11H,5-7,9-10H2,1-4H3. The van der Waals surface area contributed by atoms with Gasteiger partial charge in [-0.15, -0.1) is 0 Å². The lowest BCUT2D eigenvalue weighted by Gasteiger charge is -2.49. The van der Waals surface area contributed by atoms with Crippen LogP contribution in [0.15, 0.2) is 0 Å². The van der Waals surface area contributed by atoms with Gasteiger partial charge in [-0.1, -0.05) is 13.3 Å². The summed E-state index contributed by atoms with van der Waals surface area (Å²) in [4.78, 5) is 16.3. The lowest BCUT2D eigenvalue weighted by atomic mass is 9.94. The first-order valence-electron chi connectivity index (χ1n) is 6.32. The van der Waals surface area contributed by atoms with Gasteiger partial charge in [-0.2, -0.15) is 5.26 Å². The van der Waals surface area contributed by atoms with Gasteiger partial charge in [0.05, 0.1) is 12.5 Å². The number of piperazine rings is 1. The van der Waals surface area contributed by atoms with Gasteiger partial charge in [0.1, 0.15) is 6.04 Å². The minimum Gasteiger partial charge on any atom is -0.335 e. The van der Waals surface area contributed by atoms with Crippen LogP contribution < -0.4 is 0 Å². The second-order valence-corrected chi connectivity index (χ2v) is 5.45. The van der Waals surface area contributed by atoms with Crippen LogP contribution in [0.3, 0.4) is 0 Å². The molecule has 1 saturated heterocycles. The largest absolute Gasteiger partial charge is 0.335 e. The molecular weight excluding hydrogens is 214 g/mol. The minimum absolute atomic E-state index is 0.110. The molecule has 4 nitrogen and oxygen atoms in total. The van der Waals surface area contributed by atoms with E-state index in [0.717, 1.165) is 25.9 Å². The van der Waals surface area contributed by atoms with Gasteiger partial charge >= 0.3 is 0 Å². The number of rotatable bonds is 4. The van der Waals surface area contributed by atoms with E-state index in [-0.39, 0.29) is 23.9 Å². The van der Waals surface area contributed by atoms with Crippen LogP contribution in [0.5, 0.6) is 0 Å². The van der Waals surface area contributed by atoms with Crippen molar-refractivity contribution in [1.29, 1.82) is 5.26 Å². The molecule has 0 aromatic carbocycles. The molecule has 96 valence electrons. The Morgan fingerprint density at radius 2 is 2.18 bits per heavy atom. The molecule has 1 fully saturated rings. The van der Waals surface area contributed by atoms with Gasteiger partial charge in [-0.25, -0.2) is 0 Å². The van der Waals surface area contributed by atoms with E-state index in [1.807, 2.05) is 16.8 Å². The first kappa shape index (κ1) is 14.0. The van der Waals surface area contributed by atoms with E-state index in [1.165, 1.54) is 0 Å². The molecule has 0 aromatic heterocycles. The van der Waals surface area contributed by atoms with E-state index in [9.17, 15) is 4.79 Å². The van der Waals surface area contributed by atoms with Crippen molar-refractivity contribution in [1.82, 2.24) is 9.80 Å². The maximum atomic E-state index is 12.4. The molecule has 0 aromatic rings. The van der Waals surface area contributed by atoms with Gasteiger partial charge in [0, 0.05) is 18.6 Å². The zero-order valence-electron chi connectivity index (χ0n) is 11.4. The predicted molar refractivity (Wildman–Crippen MR) is 67.3 cm³/mol. The Labute approximate surface area is 104 Å². The second kappa shape index (κ2) is 5.50. The number of amides is 1. The Kier molecular flexibility index (Phi) is 4.53. The lowest BCUT2D eigenvalue weighted by Crippen LogP contribution is -2.65. The summed E-state index contributed by atoms with van der Waals surface area (Å²) in [5.41, 5.74) is -0.132. The van der Waals surface area contributed by atoms with Crippen molar-refractivity contribution in [2.24, 2.45) is 0 Å². The number of hydrogen-bond acceptors (Lipinski definition) is 3. The summed E-state index contributed by atoms with van der Waals surface area (Å²) in [5, 5.41) is 8.80. The summed E-state index contributed by atoms with van der Waals surface area (Å²) in [5.74, 6) is 0.110. The molecule has 0 saturated carbocycles. The van der Waals surface area contributed by atoms with Gasteiger partial charge in [0.2, 0.25) is 5.91 Å². The third kappa shape index (κ3) is 2.98. The van der Waals surface area contributed by atoms with E-state index >= 15 is 0 Å². The van der Waals surface area contributed by atoms with Crippen molar-refractivity contribution in [2.45, 2.75) is 51.6 Å². The highest BCUT2D eigenvalue weighted by Gasteiger charge is 2.42. The molecule has 1 aliphatic rings. The maximum absolute atomic E-state index is 12.4. The lowest BCUT2D eigenvalue weighted by molar-refractivity contribution is -0.150. The number of carbonyl (C=O) groups excluding carboxylic acids is 1. The maximum Gasteiger partial charge on any atom is 0.241 e. The summed E-state index contributed by atoms with van der Waals surface area (Å²) in [6, 6.07) is 1.85. The highest BCUT2D eigenvalue weighted by molar-refractivity contribution is 5.83. The monoisotopic (exact) mass is 237 g/mol. The average molecular weight is 237 g/mol. The van der Waals surface area contributed by atoms with E-state index in [2.05, 4.69) is 26.8 Å². The molecule has 0 radical (unpaired) electrons. The quantitative estimate of drug-likeness (QED) is 0.746. The summed E-state index contributed by atoms with van der Waals surface area (Å²) >= 11 is 0. The highest BCUT2D eigenvalue weighted by Crippen LogP contribution is 2.26. The van der Waals surface area contributed by atoms with E-state index in [4.69, 9.17) is 5.26 Å². The van der Waals surface area contributed by atoms with Crippen molar-refractivity contribution >= 4 is 5.91 Å². The molecule has 4 heteroatoms. The SMILES string of the molecule is CCCCN1C(=O)C(CC#N)N(C)CC1(C)C. The summed E-state index contributed by atoms with van der Waals surface area (Å²) < 4.78 is 0. The number of nitrogens with zero attached hydrogens (tertiary/aromatic N) is 3. The predicted octanol–water partition coefficient (Wildman–Crippen LogP) is 1.62. The third-order valence-electron chi connectivity index (χ3n) is 3.47. The zero-order valence-corrected chi connectivity index (χ0v) is 11.4. The molecule has 1 aliphatic heterocycles. The van der Waals surface area contributed by atoms with Crippen LogP contribution in [-0.2, 0) is 4.79 Å². The van der Waals surface area contributed by atoms with Gasteiger partial charge < -0.3 is 4.90 Å². The number of likely N-dealkylation sites (N-methyl/N-ethyl adjacent to an activating group) is 1. The first-order chi connectivity index (χ1) is 7.94. The molecule has 1 rings (SSSR count).